The molecule has 16 heavy (non-hydrogen) atoms. The van der Waals surface area contributed by atoms with Crippen molar-refractivity contribution >= 4 is 34.0 Å². The molecule has 0 radical (unpaired) electrons. The summed E-state index contributed by atoms with van der Waals surface area (Å²) in [6, 6.07) is 0.490. The van der Waals surface area contributed by atoms with Gasteiger partial charge in [0.2, 0.25) is 0 Å². The molecule has 2 rings (SSSR count). The summed E-state index contributed by atoms with van der Waals surface area (Å²) in [6.45, 7) is 7.07. The molecule has 0 aliphatic carbocycles. The van der Waals surface area contributed by atoms with Crippen LogP contribution in [0.2, 0.25) is 0 Å². The Hall–Kier alpha value is -0.550. The lowest BCUT2D eigenvalue weighted by Gasteiger charge is -2.37. The summed E-state index contributed by atoms with van der Waals surface area (Å²) in [5, 5.41) is 3.47. The first-order valence-corrected chi connectivity index (χ1v) is 7.37. The molecule has 1 aromatic rings. The van der Waals surface area contributed by atoms with E-state index in [1.807, 2.05) is 17.1 Å². The number of Topliss-reactive ketones (excluding diaryl/α,β-unsaturated/α-hetero) is 1. The maximum absolute atomic E-state index is 11.2. The second kappa shape index (κ2) is 4.75. The Balaban J connectivity index is 2.19. The Kier molecular flexibility index (Phi) is 3.54. The van der Waals surface area contributed by atoms with E-state index in [0.29, 0.717) is 17.0 Å². The third-order valence-corrected chi connectivity index (χ3v) is 5.20. The quantitative estimate of drug-likeness (QED) is 0.762. The second-order valence-corrected chi connectivity index (χ2v) is 6.40. The van der Waals surface area contributed by atoms with E-state index < -0.39 is 0 Å². The number of aromatic nitrogens is 1. The lowest BCUT2D eigenvalue weighted by atomic mass is 10.2. The zero-order valence-electron chi connectivity index (χ0n) is 9.77. The number of carbonyl (C=O) groups is 1. The van der Waals surface area contributed by atoms with Crippen molar-refractivity contribution in [1.29, 1.82) is 0 Å². The number of thiazole rings is 1. The minimum absolute atomic E-state index is 0.0505. The fraction of sp³-hybridized carbons (Fsp3) is 0.636. The largest absolute Gasteiger partial charge is 0.343 e. The smallest absolute Gasteiger partial charge is 0.186 e. The van der Waals surface area contributed by atoms with Crippen LogP contribution < -0.4 is 4.90 Å². The summed E-state index contributed by atoms with van der Waals surface area (Å²) in [4.78, 5) is 17.9. The van der Waals surface area contributed by atoms with Gasteiger partial charge in [-0.2, -0.15) is 11.8 Å². The summed E-state index contributed by atoms with van der Waals surface area (Å²) in [7, 11) is 0. The summed E-state index contributed by atoms with van der Waals surface area (Å²) in [5.74, 6) is 1.19. The SMILES string of the molecule is CC(=O)c1csc(N2CCSC(C)C2C)n1. The van der Waals surface area contributed by atoms with Crippen LogP contribution in [0.15, 0.2) is 5.38 Å². The number of hydrogen-bond donors (Lipinski definition) is 0. The fourth-order valence-electron chi connectivity index (χ4n) is 1.76. The van der Waals surface area contributed by atoms with E-state index in [1.54, 1.807) is 18.3 Å². The zero-order valence-corrected chi connectivity index (χ0v) is 11.4. The molecule has 0 bridgehead atoms. The molecule has 1 fully saturated rings. The predicted octanol–water partition coefficient (Wildman–Crippen LogP) is 2.68. The van der Waals surface area contributed by atoms with Crippen molar-refractivity contribution in [2.24, 2.45) is 0 Å². The maximum atomic E-state index is 11.2. The summed E-state index contributed by atoms with van der Waals surface area (Å²) in [6.07, 6.45) is 0. The summed E-state index contributed by atoms with van der Waals surface area (Å²) < 4.78 is 0. The van der Waals surface area contributed by atoms with Crippen LogP contribution >= 0.6 is 23.1 Å². The minimum Gasteiger partial charge on any atom is -0.343 e. The Morgan fingerprint density at radius 2 is 2.31 bits per heavy atom. The molecule has 5 heteroatoms. The topological polar surface area (TPSA) is 33.2 Å². The highest BCUT2D eigenvalue weighted by molar-refractivity contribution is 8.00. The van der Waals surface area contributed by atoms with E-state index in [9.17, 15) is 4.79 Å². The van der Waals surface area contributed by atoms with Crippen molar-refractivity contribution in [3.05, 3.63) is 11.1 Å². The third-order valence-electron chi connectivity index (χ3n) is 2.98. The third kappa shape index (κ3) is 2.25. The van der Waals surface area contributed by atoms with E-state index >= 15 is 0 Å². The maximum Gasteiger partial charge on any atom is 0.186 e. The van der Waals surface area contributed by atoms with Gasteiger partial charge in [0.05, 0.1) is 0 Å². The molecule has 2 heterocycles. The molecular formula is C11H16N2OS2. The Morgan fingerprint density at radius 3 is 2.94 bits per heavy atom. The molecule has 2 atom stereocenters. The molecule has 0 N–H and O–H groups in total. The van der Waals surface area contributed by atoms with E-state index in [0.717, 1.165) is 17.4 Å². The highest BCUT2D eigenvalue weighted by Gasteiger charge is 2.27. The van der Waals surface area contributed by atoms with Gasteiger partial charge in [0, 0.05) is 35.9 Å². The molecule has 1 aliphatic rings. The van der Waals surface area contributed by atoms with Crippen LogP contribution in [-0.4, -0.2) is 34.4 Å². The van der Waals surface area contributed by atoms with Gasteiger partial charge in [0.1, 0.15) is 5.69 Å². The number of hydrogen-bond acceptors (Lipinski definition) is 5. The van der Waals surface area contributed by atoms with Crippen molar-refractivity contribution in [3.63, 3.8) is 0 Å². The fourth-order valence-corrected chi connectivity index (χ4v) is 3.84. The highest BCUT2D eigenvalue weighted by atomic mass is 32.2. The summed E-state index contributed by atoms with van der Waals surface area (Å²) >= 11 is 3.58. The lowest BCUT2D eigenvalue weighted by Crippen LogP contribution is -2.44. The summed E-state index contributed by atoms with van der Waals surface area (Å²) in [5.41, 5.74) is 0.595. The van der Waals surface area contributed by atoms with Crippen molar-refractivity contribution in [2.45, 2.75) is 32.1 Å². The van der Waals surface area contributed by atoms with Crippen molar-refractivity contribution in [2.75, 3.05) is 17.2 Å². The molecule has 0 amide bonds. The van der Waals surface area contributed by atoms with Gasteiger partial charge < -0.3 is 4.90 Å². The monoisotopic (exact) mass is 256 g/mol. The molecule has 1 saturated heterocycles. The minimum atomic E-state index is 0.0505. The van der Waals surface area contributed by atoms with Crippen LogP contribution in [0, 0.1) is 0 Å². The molecule has 1 aromatic heterocycles. The van der Waals surface area contributed by atoms with Gasteiger partial charge in [-0.1, -0.05) is 6.92 Å². The normalized spacial score (nSPS) is 25.8. The van der Waals surface area contributed by atoms with Gasteiger partial charge in [-0.3, -0.25) is 4.79 Å². The van der Waals surface area contributed by atoms with Gasteiger partial charge in [-0.15, -0.1) is 11.3 Å². The van der Waals surface area contributed by atoms with Crippen LogP contribution in [0.3, 0.4) is 0 Å². The number of carbonyl (C=O) groups excluding carboxylic acids is 1. The molecular weight excluding hydrogens is 240 g/mol. The van der Waals surface area contributed by atoms with Crippen LogP contribution in [-0.2, 0) is 0 Å². The molecule has 0 spiro atoms. The Bertz CT molecular complexity index is 391. The molecule has 1 aliphatic heterocycles. The Morgan fingerprint density at radius 1 is 1.56 bits per heavy atom. The van der Waals surface area contributed by atoms with E-state index in [2.05, 4.69) is 23.7 Å². The van der Waals surface area contributed by atoms with Gasteiger partial charge in [0.15, 0.2) is 10.9 Å². The van der Waals surface area contributed by atoms with Crippen LogP contribution in [0.25, 0.3) is 0 Å². The molecule has 88 valence electrons. The number of anilines is 1. The highest BCUT2D eigenvalue weighted by Crippen LogP contribution is 2.30. The first-order chi connectivity index (χ1) is 7.59. The average molecular weight is 256 g/mol. The molecule has 2 unspecified atom stereocenters. The zero-order chi connectivity index (χ0) is 11.7. The van der Waals surface area contributed by atoms with E-state index in [1.165, 1.54) is 0 Å². The van der Waals surface area contributed by atoms with Crippen molar-refractivity contribution in [1.82, 2.24) is 4.98 Å². The van der Waals surface area contributed by atoms with Crippen molar-refractivity contribution < 1.29 is 4.79 Å². The molecule has 0 aromatic carbocycles. The van der Waals surface area contributed by atoms with E-state index in [4.69, 9.17) is 0 Å². The number of nitrogens with zero attached hydrogens (tertiary/aromatic N) is 2. The number of thioether (sulfide) groups is 1. The van der Waals surface area contributed by atoms with Gasteiger partial charge in [-0.05, 0) is 6.92 Å². The van der Waals surface area contributed by atoms with Crippen LogP contribution in [0.1, 0.15) is 31.3 Å². The van der Waals surface area contributed by atoms with Gasteiger partial charge >= 0.3 is 0 Å². The molecule has 3 nitrogen and oxygen atoms in total. The first kappa shape index (κ1) is 11.9. The molecule has 0 saturated carbocycles. The standard InChI is InChI=1S/C11H16N2OS2/c1-7-9(3)15-5-4-13(7)11-12-10(6-16-11)8(2)14/h6-7,9H,4-5H2,1-3H3. The number of rotatable bonds is 2. The first-order valence-electron chi connectivity index (χ1n) is 5.44. The second-order valence-electron chi connectivity index (χ2n) is 4.08. The van der Waals surface area contributed by atoms with E-state index in [-0.39, 0.29) is 5.78 Å². The van der Waals surface area contributed by atoms with Crippen molar-refractivity contribution in [3.8, 4) is 0 Å². The number of ketones is 1. The predicted molar refractivity (Wildman–Crippen MR) is 70.8 cm³/mol. The Labute approximate surface area is 104 Å². The van der Waals surface area contributed by atoms with Gasteiger partial charge in [-0.25, -0.2) is 4.98 Å². The van der Waals surface area contributed by atoms with Crippen LogP contribution in [0.5, 0.6) is 0 Å². The van der Waals surface area contributed by atoms with Gasteiger partial charge in [0.25, 0.3) is 0 Å². The average Bonchev–Trinajstić information content (AvgIpc) is 2.71. The lowest BCUT2D eigenvalue weighted by molar-refractivity contribution is 0.101. The van der Waals surface area contributed by atoms with Crippen LogP contribution in [0.4, 0.5) is 5.13 Å².